The van der Waals surface area contributed by atoms with Crippen LogP contribution in [0.2, 0.25) is 0 Å². The summed E-state index contributed by atoms with van der Waals surface area (Å²) in [7, 11) is 0. The second-order valence-electron chi connectivity index (χ2n) is 7.03. The average Bonchev–Trinajstić information content (AvgIpc) is 2.88. The summed E-state index contributed by atoms with van der Waals surface area (Å²) >= 11 is 0. The van der Waals surface area contributed by atoms with E-state index < -0.39 is 24.3 Å². The molecule has 0 saturated heterocycles. The zero-order chi connectivity index (χ0) is 20.1. The lowest BCUT2D eigenvalue weighted by molar-refractivity contribution is -0.136. The largest absolute Gasteiger partial charge is 0.481 e. The SMILES string of the molecule is CC/C=C\C[C@H]1[C@@H](/C=C/[C@@H](O)C/C=C\C/C=C\CCC(=O)O)[C@H](O)C[C@@H]1O. The second kappa shape index (κ2) is 13.5. The topological polar surface area (TPSA) is 98.0 Å². The van der Waals surface area contributed by atoms with Gasteiger partial charge in [-0.05, 0) is 38.0 Å². The second-order valence-corrected chi connectivity index (χ2v) is 7.03. The molecule has 5 atom stereocenters. The van der Waals surface area contributed by atoms with Crippen molar-refractivity contribution in [2.24, 2.45) is 11.8 Å². The molecule has 1 saturated carbocycles. The number of allylic oxidation sites excluding steroid dienone is 5. The van der Waals surface area contributed by atoms with Gasteiger partial charge in [-0.1, -0.05) is 55.5 Å². The quantitative estimate of drug-likeness (QED) is 0.390. The lowest BCUT2D eigenvalue weighted by Gasteiger charge is -2.19. The average molecular weight is 379 g/mol. The van der Waals surface area contributed by atoms with Gasteiger partial charge in [0.05, 0.1) is 18.3 Å². The Morgan fingerprint density at radius 1 is 1.07 bits per heavy atom. The molecule has 1 rings (SSSR count). The van der Waals surface area contributed by atoms with E-state index in [0.29, 0.717) is 25.7 Å². The van der Waals surface area contributed by atoms with Gasteiger partial charge in [0.1, 0.15) is 0 Å². The van der Waals surface area contributed by atoms with Crippen LogP contribution in [0.1, 0.15) is 51.9 Å². The molecule has 5 nitrogen and oxygen atoms in total. The van der Waals surface area contributed by atoms with Gasteiger partial charge in [0.25, 0.3) is 0 Å². The molecule has 1 fully saturated rings. The van der Waals surface area contributed by atoms with Crippen LogP contribution in [0.15, 0.2) is 48.6 Å². The van der Waals surface area contributed by atoms with Crippen molar-refractivity contribution in [3.8, 4) is 0 Å². The van der Waals surface area contributed by atoms with Crippen LogP contribution in [-0.4, -0.2) is 44.7 Å². The van der Waals surface area contributed by atoms with Gasteiger partial charge in [0.2, 0.25) is 0 Å². The first-order valence-corrected chi connectivity index (χ1v) is 9.85. The van der Waals surface area contributed by atoms with E-state index in [1.807, 2.05) is 30.4 Å². The Kier molecular flexibility index (Phi) is 11.7. The summed E-state index contributed by atoms with van der Waals surface area (Å²) in [5.41, 5.74) is 0. The molecule has 0 aromatic heterocycles. The summed E-state index contributed by atoms with van der Waals surface area (Å²) < 4.78 is 0. The highest BCUT2D eigenvalue weighted by Gasteiger charge is 2.39. The van der Waals surface area contributed by atoms with Crippen molar-refractivity contribution in [1.29, 1.82) is 0 Å². The van der Waals surface area contributed by atoms with Crippen molar-refractivity contribution in [2.75, 3.05) is 0 Å². The van der Waals surface area contributed by atoms with Crippen LogP contribution >= 0.6 is 0 Å². The fourth-order valence-corrected chi connectivity index (χ4v) is 3.29. The molecule has 152 valence electrons. The highest BCUT2D eigenvalue weighted by atomic mass is 16.4. The third-order valence-electron chi connectivity index (χ3n) is 4.79. The normalized spacial score (nSPS) is 27.6. The van der Waals surface area contributed by atoms with E-state index >= 15 is 0 Å². The maximum atomic E-state index is 10.4. The molecule has 1 aliphatic carbocycles. The minimum atomic E-state index is -0.798. The summed E-state index contributed by atoms with van der Waals surface area (Å²) in [4.78, 5) is 10.4. The summed E-state index contributed by atoms with van der Waals surface area (Å²) in [6.45, 7) is 2.06. The molecule has 0 aliphatic heterocycles. The molecule has 0 unspecified atom stereocenters. The minimum absolute atomic E-state index is 0.0160. The number of rotatable bonds is 12. The van der Waals surface area contributed by atoms with E-state index in [1.165, 1.54) is 0 Å². The number of carboxylic acid groups (broad SMARTS) is 1. The highest BCUT2D eigenvalue weighted by Crippen LogP contribution is 2.36. The third-order valence-corrected chi connectivity index (χ3v) is 4.79. The van der Waals surface area contributed by atoms with Gasteiger partial charge in [0.15, 0.2) is 0 Å². The van der Waals surface area contributed by atoms with E-state index in [2.05, 4.69) is 19.1 Å². The van der Waals surface area contributed by atoms with Crippen LogP contribution in [0.4, 0.5) is 0 Å². The molecule has 1 aliphatic rings. The molecule has 27 heavy (non-hydrogen) atoms. The molecule has 4 N–H and O–H groups in total. The van der Waals surface area contributed by atoms with E-state index in [-0.39, 0.29) is 18.3 Å². The summed E-state index contributed by atoms with van der Waals surface area (Å²) in [5, 5.41) is 38.9. The number of hydrogen-bond acceptors (Lipinski definition) is 4. The molecular formula is C22H34O5. The molecule has 0 aromatic carbocycles. The van der Waals surface area contributed by atoms with E-state index in [0.717, 1.165) is 12.8 Å². The minimum Gasteiger partial charge on any atom is -0.481 e. The number of aliphatic carboxylic acids is 1. The van der Waals surface area contributed by atoms with Crippen LogP contribution in [0.5, 0.6) is 0 Å². The van der Waals surface area contributed by atoms with Crippen LogP contribution < -0.4 is 0 Å². The first-order chi connectivity index (χ1) is 13.0. The Bertz CT molecular complexity index is 535. The monoisotopic (exact) mass is 378 g/mol. The molecule has 0 aromatic rings. The van der Waals surface area contributed by atoms with Crippen LogP contribution in [0.25, 0.3) is 0 Å². The lowest BCUT2D eigenvalue weighted by atomic mass is 9.89. The maximum absolute atomic E-state index is 10.4. The third kappa shape index (κ3) is 9.70. The molecule has 5 heteroatoms. The maximum Gasteiger partial charge on any atom is 0.303 e. The van der Waals surface area contributed by atoms with Gasteiger partial charge in [-0.2, -0.15) is 0 Å². The first-order valence-electron chi connectivity index (χ1n) is 9.85. The fraction of sp³-hybridized carbons (Fsp3) is 0.591. The van der Waals surface area contributed by atoms with Gasteiger partial charge >= 0.3 is 5.97 Å². The Morgan fingerprint density at radius 3 is 2.52 bits per heavy atom. The van der Waals surface area contributed by atoms with Crippen molar-refractivity contribution < 1.29 is 25.2 Å². The van der Waals surface area contributed by atoms with Crippen molar-refractivity contribution in [1.82, 2.24) is 0 Å². The van der Waals surface area contributed by atoms with Gasteiger partial charge < -0.3 is 20.4 Å². The van der Waals surface area contributed by atoms with Gasteiger partial charge in [-0.3, -0.25) is 4.79 Å². The number of aliphatic hydroxyl groups excluding tert-OH is 3. The number of carboxylic acids is 1. The Morgan fingerprint density at radius 2 is 1.81 bits per heavy atom. The molecule has 0 amide bonds. The Balaban J connectivity index is 2.39. The van der Waals surface area contributed by atoms with Crippen molar-refractivity contribution in [3.05, 3.63) is 48.6 Å². The van der Waals surface area contributed by atoms with Gasteiger partial charge in [0, 0.05) is 18.8 Å². The molecular weight excluding hydrogens is 344 g/mol. The van der Waals surface area contributed by atoms with Crippen molar-refractivity contribution >= 4 is 5.97 Å². The van der Waals surface area contributed by atoms with E-state index in [1.54, 1.807) is 6.08 Å². The molecule has 0 bridgehead atoms. The zero-order valence-electron chi connectivity index (χ0n) is 16.2. The van der Waals surface area contributed by atoms with Gasteiger partial charge in [-0.25, -0.2) is 0 Å². The standard InChI is InChI=1S/C22H34O5/c1-2-3-8-12-18-19(21(25)16-20(18)24)15-14-17(23)11-9-6-4-5-7-10-13-22(26)27/h3,5-9,14-15,17-21,23-25H,2,4,10-13,16H2,1H3,(H,26,27)/b7-5-,8-3-,9-6-,15-14+/t17-,18-,19+,20-,21+/m0/s1. The molecule has 0 radical (unpaired) electrons. The lowest BCUT2D eigenvalue weighted by Crippen LogP contribution is -2.20. The summed E-state index contributed by atoms with van der Waals surface area (Å²) in [6.07, 6.45) is 17.4. The predicted molar refractivity (Wildman–Crippen MR) is 107 cm³/mol. The Hall–Kier alpha value is -1.69. The fourth-order valence-electron chi connectivity index (χ4n) is 3.29. The number of carbonyl (C=O) groups is 1. The zero-order valence-corrected chi connectivity index (χ0v) is 16.2. The number of aliphatic hydroxyl groups is 3. The number of hydrogen-bond donors (Lipinski definition) is 4. The summed E-state index contributed by atoms with van der Waals surface area (Å²) in [6, 6.07) is 0. The van der Waals surface area contributed by atoms with Crippen molar-refractivity contribution in [3.63, 3.8) is 0 Å². The van der Waals surface area contributed by atoms with E-state index in [4.69, 9.17) is 5.11 Å². The summed E-state index contributed by atoms with van der Waals surface area (Å²) in [5.74, 6) is -0.955. The van der Waals surface area contributed by atoms with Crippen LogP contribution in [0.3, 0.4) is 0 Å². The van der Waals surface area contributed by atoms with Gasteiger partial charge in [-0.15, -0.1) is 0 Å². The van der Waals surface area contributed by atoms with Crippen LogP contribution in [-0.2, 0) is 4.79 Å². The smallest absolute Gasteiger partial charge is 0.303 e. The highest BCUT2D eigenvalue weighted by molar-refractivity contribution is 5.66. The molecule has 0 heterocycles. The Labute approximate surface area is 162 Å². The van der Waals surface area contributed by atoms with Crippen LogP contribution in [0, 0.1) is 11.8 Å². The first kappa shape index (κ1) is 23.3. The van der Waals surface area contributed by atoms with Crippen molar-refractivity contribution in [2.45, 2.75) is 70.2 Å². The van der Waals surface area contributed by atoms with E-state index in [9.17, 15) is 20.1 Å². The molecule has 0 spiro atoms. The predicted octanol–water partition coefficient (Wildman–Crippen LogP) is 3.38.